The van der Waals surface area contributed by atoms with Crippen LogP contribution in [0.4, 0.5) is 10.1 Å². The van der Waals surface area contributed by atoms with Gasteiger partial charge in [-0.25, -0.2) is 12.8 Å². The van der Waals surface area contributed by atoms with Crippen molar-refractivity contribution in [1.82, 2.24) is 10.2 Å². The maximum atomic E-state index is 13.4. The third-order valence-corrected chi connectivity index (χ3v) is 6.36. The van der Waals surface area contributed by atoms with Crippen molar-refractivity contribution >= 4 is 39.1 Å². The van der Waals surface area contributed by atoms with Gasteiger partial charge in [-0.15, -0.1) is 0 Å². The average molecular weight is 498 g/mol. The highest BCUT2D eigenvalue weighted by atomic mass is 35.5. The molecule has 2 rings (SSSR count). The highest BCUT2D eigenvalue weighted by molar-refractivity contribution is 7.92. The Morgan fingerprint density at radius 2 is 1.67 bits per heavy atom. The standard InChI is InChI=1S/C23H29ClFN3O4S/c1-16(2)13-26-23(30)17(3)27(14-18-9-11-19(25)12-10-18)22(29)15-28(33(4,31)32)21-8-6-5-7-20(21)24/h5-12,16-17H,13-15H2,1-4H3,(H,26,30)/t17-/m0/s1. The van der Waals surface area contributed by atoms with Crippen LogP contribution >= 0.6 is 11.6 Å². The monoisotopic (exact) mass is 497 g/mol. The van der Waals surface area contributed by atoms with Gasteiger partial charge in [0, 0.05) is 13.1 Å². The summed E-state index contributed by atoms with van der Waals surface area (Å²) >= 11 is 6.19. The van der Waals surface area contributed by atoms with Crippen molar-refractivity contribution < 1.29 is 22.4 Å². The van der Waals surface area contributed by atoms with Gasteiger partial charge >= 0.3 is 0 Å². The third-order valence-electron chi connectivity index (χ3n) is 4.92. The maximum Gasteiger partial charge on any atom is 0.244 e. The molecule has 0 radical (unpaired) electrons. The highest BCUT2D eigenvalue weighted by Crippen LogP contribution is 2.27. The summed E-state index contributed by atoms with van der Waals surface area (Å²) in [6, 6.07) is 10.9. The number of carbonyl (C=O) groups is 2. The number of carbonyl (C=O) groups excluding carboxylic acids is 2. The molecule has 0 heterocycles. The molecule has 10 heteroatoms. The van der Waals surface area contributed by atoms with Crippen LogP contribution in [0.5, 0.6) is 0 Å². The molecule has 0 spiro atoms. The number of nitrogens with zero attached hydrogens (tertiary/aromatic N) is 2. The van der Waals surface area contributed by atoms with Crippen LogP contribution in [0.25, 0.3) is 0 Å². The van der Waals surface area contributed by atoms with Gasteiger partial charge in [0.15, 0.2) is 0 Å². The van der Waals surface area contributed by atoms with Crippen LogP contribution in [0, 0.1) is 11.7 Å². The Hall–Kier alpha value is -2.65. The Morgan fingerprint density at radius 3 is 2.21 bits per heavy atom. The lowest BCUT2D eigenvalue weighted by Crippen LogP contribution is -2.51. The fourth-order valence-corrected chi connectivity index (χ4v) is 4.22. The zero-order valence-electron chi connectivity index (χ0n) is 19.1. The summed E-state index contributed by atoms with van der Waals surface area (Å²) in [4.78, 5) is 27.4. The molecule has 0 unspecified atom stereocenters. The van der Waals surface area contributed by atoms with Gasteiger partial charge in [0.1, 0.15) is 18.4 Å². The van der Waals surface area contributed by atoms with Gasteiger partial charge in [-0.1, -0.05) is 49.7 Å². The first-order valence-corrected chi connectivity index (χ1v) is 12.7. The largest absolute Gasteiger partial charge is 0.354 e. The molecule has 180 valence electrons. The predicted octanol–water partition coefficient (Wildman–Crippen LogP) is 3.43. The summed E-state index contributed by atoms with van der Waals surface area (Å²) in [5.74, 6) is -1.19. The molecule has 2 aromatic carbocycles. The Balaban J connectivity index is 2.36. The van der Waals surface area contributed by atoms with Crippen molar-refractivity contribution in [3.63, 3.8) is 0 Å². The van der Waals surface area contributed by atoms with Crippen molar-refractivity contribution in [3.05, 3.63) is 64.9 Å². The molecule has 0 saturated carbocycles. The average Bonchev–Trinajstić information content (AvgIpc) is 2.74. The number of sulfonamides is 1. The molecule has 0 aliphatic rings. The van der Waals surface area contributed by atoms with E-state index in [0.29, 0.717) is 12.1 Å². The van der Waals surface area contributed by atoms with Crippen LogP contribution < -0.4 is 9.62 Å². The van der Waals surface area contributed by atoms with E-state index in [2.05, 4.69) is 5.32 Å². The number of amides is 2. The van der Waals surface area contributed by atoms with E-state index in [0.717, 1.165) is 10.6 Å². The van der Waals surface area contributed by atoms with Crippen LogP contribution in [0.3, 0.4) is 0 Å². The first-order valence-electron chi connectivity index (χ1n) is 10.4. The topological polar surface area (TPSA) is 86.8 Å². The van der Waals surface area contributed by atoms with Crippen molar-refractivity contribution in [2.24, 2.45) is 5.92 Å². The van der Waals surface area contributed by atoms with Gasteiger partial charge in [0.2, 0.25) is 21.8 Å². The third kappa shape index (κ3) is 7.71. The minimum atomic E-state index is -3.86. The molecule has 0 aromatic heterocycles. The minimum absolute atomic E-state index is 0.00446. The van der Waals surface area contributed by atoms with Gasteiger partial charge in [-0.3, -0.25) is 13.9 Å². The van der Waals surface area contributed by atoms with Crippen LogP contribution in [-0.2, 0) is 26.2 Å². The Morgan fingerprint density at radius 1 is 1.06 bits per heavy atom. The lowest BCUT2D eigenvalue weighted by molar-refractivity contribution is -0.139. The molecule has 0 bridgehead atoms. The van der Waals surface area contributed by atoms with Crippen LogP contribution in [0.2, 0.25) is 5.02 Å². The smallest absolute Gasteiger partial charge is 0.244 e. The number of para-hydroxylation sites is 1. The Bertz CT molecular complexity index is 1080. The fourth-order valence-electron chi connectivity index (χ4n) is 3.07. The van der Waals surface area contributed by atoms with Gasteiger partial charge in [-0.05, 0) is 42.7 Å². The molecule has 1 atom stereocenters. The second-order valence-corrected chi connectivity index (χ2v) is 10.5. The van der Waals surface area contributed by atoms with Gasteiger partial charge in [-0.2, -0.15) is 0 Å². The molecule has 0 fully saturated rings. The first kappa shape index (κ1) is 26.6. The van der Waals surface area contributed by atoms with Crippen molar-refractivity contribution in [1.29, 1.82) is 0 Å². The summed E-state index contributed by atoms with van der Waals surface area (Å²) in [5.41, 5.74) is 0.755. The highest BCUT2D eigenvalue weighted by Gasteiger charge is 2.30. The molecule has 2 aromatic rings. The summed E-state index contributed by atoms with van der Waals surface area (Å²) in [5, 5.41) is 2.96. The summed E-state index contributed by atoms with van der Waals surface area (Å²) < 4.78 is 39.2. The molecule has 0 aliphatic heterocycles. The zero-order chi connectivity index (χ0) is 24.8. The fraction of sp³-hybridized carbons (Fsp3) is 0.391. The van der Waals surface area contributed by atoms with Crippen molar-refractivity contribution in [2.75, 3.05) is 23.7 Å². The maximum absolute atomic E-state index is 13.4. The van der Waals surface area contributed by atoms with Crippen molar-refractivity contribution in [3.8, 4) is 0 Å². The summed E-state index contributed by atoms with van der Waals surface area (Å²) in [6.07, 6.45) is 0.979. The minimum Gasteiger partial charge on any atom is -0.354 e. The number of halogens is 2. The SMILES string of the molecule is CC(C)CNC(=O)[C@H](C)N(Cc1ccc(F)cc1)C(=O)CN(c1ccccc1Cl)S(C)(=O)=O. The normalized spacial score (nSPS) is 12.3. The van der Waals surface area contributed by atoms with E-state index < -0.39 is 34.3 Å². The predicted molar refractivity (Wildman–Crippen MR) is 128 cm³/mol. The summed E-state index contributed by atoms with van der Waals surface area (Å²) in [6.45, 7) is 5.33. The van der Waals surface area contributed by atoms with E-state index in [-0.39, 0.29) is 29.1 Å². The number of benzene rings is 2. The van der Waals surface area contributed by atoms with Crippen LogP contribution in [0.15, 0.2) is 48.5 Å². The molecule has 0 saturated heterocycles. The number of nitrogens with one attached hydrogen (secondary N) is 1. The van der Waals surface area contributed by atoms with Gasteiger partial charge < -0.3 is 10.2 Å². The van der Waals surface area contributed by atoms with Crippen LogP contribution in [-0.4, -0.2) is 50.5 Å². The van der Waals surface area contributed by atoms with E-state index in [9.17, 15) is 22.4 Å². The lowest BCUT2D eigenvalue weighted by Gasteiger charge is -2.31. The molecule has 0 aliphatic carbocycles. The second-order valence-electron chi connectivity index (χ2n) is 8.18. The molecule has 7 nitrogen and oxygen atoms in total. The van der Waals surface area contributed by atoms with E-state index in [1.165, 1.54) is 41.3 Å². The quantitative estimate of drug-likeness (QED) is 0.544. The van der Waals surface area contributed by atoms with Crippen LogP contribution in [0.1, 0.15) is 26.3 Å². The first-order chi connectivity index (χ1) is 15.4. The van der Waals surface area contributed by atoms with E-state index in [1.807, 2.05) is 13.8 Å². The van der Waals surface area contributed by atoms with E-state index in [1.54, 1.807) is 19.1 Å². The number of rotatable bonds is 10. The lowest BCUT2D eigenvalue weighted by atomic mass is 10.1. The van der Waals surface area contributed by atoms with E-state index >= 15 is 0 Å². The number of hydrogen-bond donors (Lipinski definition) is 1. The zero-order valence-corrected chi connectivity index (χ0v) is 20.7. The summed E-state index contributed by atoms with van der Waals surface area (Å²) in [7, 11) is -3.86. The Kier molecular flexibility index (Phi) is 9.25. The molecule has 1 N–H and O–H groups in total. The molecule has 2 amide bonds. The molecular weight excluding hydrogens is 469 g/mol. The Labute approximate surface area is 199 Å². The number of hydrogen-bond acceptors (Lipinski definition) is 4. The van der Waals surface area contributed by atoms with Gasteiger partial charge in [0.25, 0.3) is 0 Å². The van der Waals surface area contributed by atoms with E-state index in [4.69, 9.17) is 11.6 Å². The van der Waals surface area contributed by atoms with Gasteiger partial charge in [0.05, 0.1) is 17.0 Å². The number of anilines is 1. The second kappa shape index (κ2) is 11.5. The molecular formula is C23H29ClFN3O4S. The van der Waals surface area contributed by atoms with Crippen molar-refractivity contribution in [2.45, 2.75) is 33.4 Å². The molecule has 33 heavy (non-hydrogen) atoms.